The molecule has 6 heteroatoms. The van der Waals surface area contributed by atoms with Gasteiger partial charge in [0, 0.05) is 29.7 Å². The third kappa shape index (κ3) is 3.30. The maximum Gasteiger partial charge on any atom is 0.116 e. The first-order valence-electron chi connectivity index (χ1n) is 8.24. The van der Waals surface area contributed by atoms with Crippen LogP contribution in [0.4, 0.5) is 0 Å². The minimum atomic E-state index is 0.216. The first-order valence-corrected chi connectivity index (χ1v) is 8.24. The molecule has 0 bridgehead atoms. The summed E-state index contributed by atoms with van der Waals surface area (Å²) in [6.07, 6.45) is 6.94. The third-order valence-electron chi connectivity index (χ3n) is 4.01. The fourth-order valence-electron chi connectivity index (χ4n) is 2.91. The molecule has 3 aromatic heterocycles. The van der Waals surface area contributed by atoms with E-state index in [-0.39, 0.29) is 5.75 Å². The number of benzene rings is 1. The smallest absolute Gasteiger partial charge is 0.116 e. The average molecular weight is 343 g/mol. The molecule has 0 fully saturated rings. The van der Waals surface area contributed by atoms with E-state index in [0.717, 1.165) is 33.8 Å². The molecule has 0 unspecified atom stereocenters. The Morgan fingerprint density at radius 2 is 1.96 bits per heavy atom. The summed E-state index contributed by atoms with van der Waals surface area (Å²) in [5.41, 5.74) is 5.15. The second-order valence-corrected chi connectivity index (χ2v) is 6.06. The quantitative estimate of drug-likeness (QED) is 0.614. The van der Waals surface area contributed by atoms with Crippen LogP contribution in [-0.4, -0.2) is 29.8 Å². The zero-order valence-electron chi connectivity index (χ0n) is 14.2. The molecule has 0 amide bonds. The normalized spacial score (nSPS) is 10.8. The molecule has 0 spiro atoms. The van der Waals surface area contributed by atoms with E-state index in [4.69, 9.17) is 5.10 Å². The van der Waals surface area contributed by atoms with Gasteiger partial charge < -0.3 is 5.11 Å². The molecule has 0 atom stereocenters. The molecule has 0 aliphatic carbocycles. The van der Waals surface area contributed by atoms with Crippen molar-refractivity contribution in [1.29, 1.82) is 0 Å². The van der Waals surface area contributed by atoms with Gasteiger partial charge in [0.1, 0.15) is 17.8 Å². The Balaban J connectivity index is 1.83. The molecule has 0 aliphatic heterocycles. The first-order chi connectivity index (χ1) is 12.7. The Morgan fingerprint density at radius 1 is 1.04 bits per heavy atom. The van der Waals surface area contributed by atoms with E-state index in [1.54, 1.807) is 24.5 Å². The summed E-state index contributed by atoms with van der Waals surface area (Å²) >= 11 is 0. The second kappa shape index (κ2) is 6.76. The molecule has 26 heavy (non-hydrogen) atoms. The maximum absolute atomic E-state index is 9.99. The predicted octanol–water partition coefficient (Wildman–Crippen LogP) is 3.46. The van der Waals surface area contributed by atoms with Crippen molar-refractivity contribution in [2.45, 2.75) is 13.5 Å². The molecule has 128 valence electrons. The van der Waals surface area contributed by atoms with Crippen LogP contribution < -0.4 is 0 Å². The van der Waals surface area contributed by atoms with Crippen LogP contribution in [0.5, 0.6) is 5.75 Å². The molecule has 0 saturated heterocycles. The highest BCUT2D eigenvalue weighted by molar-refractivity contribution is 5.79. The number of aromatic nitrogens is 5. The van der Waals surface area contributed by atoms with Crippen LogP contribution in [0.2, 0.25) is 0 Å². The van der Waals surface area contributed by atoms with Crippen molar-refractivity contribution in [2.75, 3.05) is 0 Å². The number of hydrogen-bond acceptors (Lipinski definition) is 5. The van der Waals surface area contributed by atoms with E-state index in [1.807, 2.05) is 48.1 Å². The van der Waals surface area contributed by atoms with Crippen molar-refractivity contribution in [1.82, 2.24) is 24.7 Å². The Kier molecular flexibility index (Phi) is 4.15. The number of phenols is 1. The lowest BCUT2D eigenvalue weighted by atomic mass is 10.0. The Labute approximate surface area is 150 Å². The van der Waals surface area contributed by atoms with Crippen LogP contribution in [0.25, 0.3) is 22.5 Å². The molecule has 1 aromatic carbocycles. The van der Waals surface area contributed by atoms with Gasteiger partial charge in [0.05, 0.1) is 17.9 Å². The van der Waals surface area contributed by atoms with Gasteiger partial charge in [-0.15, -0.1) is 0 Å². The maximum atomic E-state index is 9.99. The van der Waals surface area contributed by atoms with Crippen molar-refractivity contribution in [2.24, 2.45) is 0 Å². The van der Waals surface area contributed by atoms with Gasteiger partial charge in [0.15, 0.2) is 0 Å². The number of nitrogens with zero attached hydrogens (tertiary/aromatic N) is 5. The van der Waals surface area contributed by atoms with Gasteiger partial charge in [0.2, 0.25) is 0 Å². The summed E-state index contributed by atoms with van der Waals surface area (Å²) in [7, 11) is 0. The van der Waals surface area contributed by atoms with E-state index < -0.39 is 0 Å². The van der Waals surface area contributed by atoms with Gasteiger partial charge >= 0.3 is 0 Å². The standard InChI is InChI=1S/C20H17N5O/c1-14-8-15(10-17(26)9-14)20-18(19-5-7-21-13-23-19)12-25(24-20)11-16-4-2-3-6-22-16/h2-10,12-13,26H,11H2,1H3. The monoisotopic (exact) mass is 343 g/mol. The Hall–Kier alpha value is -3.54. The molecule has 4 aromatic rings. The van der Waals surface area contributed by atoms with E-state index in [1.165, 1.54) is 6.33 Å². The van der Waals surface area contributed by atoms with Gasteiger partial charge in [0.25, 0.3) is 0 Å². The third-order valence-corrected chi connectivity index (χ3v) is 4.01. The molecular weight excluding hydrogens is 326 g/mol. The van der Waals surface area contributed by atoms with E-state index in [9.17, 15) is 5.11 Å². The number of hydrogen-bond donors (Lipinski definition) is 1. The molecule has 4 rings (SSSR count). The molecule has 1 N–H and O–H groups in total. The van der Waals surface area contributed by atoms with Crippen LogP contribution >= 0.6 is 0 Å². The summed E-state index contributed by atoms with van der Waals surface area (Å²) < 4.78 is 1.84. The van der Waals surface area contributed by atoms with Crippen LogP contribution in [0.1, 0.15) is 11.3 Å². The van der Waals surface area contributed by atoms with Gasteiger partial charge in [-0.25, -0.2) is 9.97 Å². The number of aryl methyl sites for hydroxylation is 1. The zero-order valence-corrected chi connectivity index (χ0v) is 14.2. The van der Waals surface area contributed by atoms with Gasteiger partial charge in [-0.1, -0.05) is 6.07 Å². The SMILES string of the molecule is Cc1cc(O)cc(-c2nn(Cc3ccccn3)cc2-c2ccncn2)c1. The van der Waals surface area contributed by atoms with Crippen LogP contribution in [0, 0.1) is 6.92 Å². The summed E-state index contributed by atoms with van der Waals surface area (Å²) in [5, 5.41) is 14.7. The van der Waals surface area contributed by atoms with Crippen molar-refractivity contribution in [3.05, 3.63) is 78.6 Å². The van der Waals surface area contributed by atoms with Crippen LogP contribution in [0.3, 0.4) is 0 Å². The fourth-order valence-corrected chi connectivity index (χ4v) is 2.91. The van der Waals surface area contributed by atoms with Crippen molar-refractivity contribution < 1.29 is 5.11 Å². The minimum Gasteiger partial charge on any atom is -0.508 e. The molecule has 6 nitrogen and oxygen atoms in total. The fraction of sp³-hybridized carbons (Fsp3) is 0.100. The van der Waals surface area contributed by atoms with Crippen molar-refractivity contribution in [3.63, 3.8) is 0 Å². The number of aromatic hydroxyl groups is 1. The Morgan fingerprint density at radius 3 is 2.69 bits per heavy atom. The average Bonchev–Trinajstić information content (AvgIpc) is 3.06. The lowest BCUT2D eigenvalue weighted by molar-refractivity contribution is 0.475. The molecule has 0 radical (unpaired) electrons. The number of phenolic OH excluding ortho intramolecular Hbond substituents is 1. The lowest BCUT2D eigenvalue weighted by Crippen LogP contribution is -2.01. The molecule has 0 saturated carbocycles. The topological polar surface area (TPSA) is 76.7 Å². The molecular formula is C20H17N5O. The number of rotatable bonds is 4. The highest BCUT2D eigenvalue weighted by atomic mass is 16.3. The predicted molar refractivity (Wildman–Crippen MR) is 98.4 cm³/mol. The highest BCUT2D eigenvalue weighted by Crippen LogP contribution is 2.32. The zero-order chi connectivity index (χ0) is 17.9. The first kappa shape index (κ1) is 16.0. The minimum absolute atomic E-state index is 0.216. The molecule has 0 aliphatic rings. The van der Waals surface area contributed by atoms with Gasteiger partial charge in [-0.2, -0.15) is 5.10 Å². The van der Waals surface area contributed by atoms with E-state index in [0.29, 0.717) is 6.54 Å². The largest absolute Gasteiger partial charge is 0.508 e. The molecule has 3 heterocycles. The summed E-state index contributed by atoms with van der Waals surface area (Å²) in [4.78, 5) is 12.7. The lowest BCUT2D eigenvalue weighted by Gasteiger charge is -2.04. The summed E-state index contributed by atoms with van der Waals surface area (Å²) in [5.74, 6) is 0.216. The van der Waals surface area contributed by atoms with E-state index in [2.05, 4.69) is 15.0 Å². The number of pyridine rings is 1. The van der Waals surface area contributed by atoms with Crippen LogP contribution in [-0.2, 0) is 6.54 Å². The summed E-state index contributed by atoms with van der Waals surface area (Å²) in [6.45, 7) is 2.50. The van der Waals surface area contributed by atoms with Gasteiger partial charge in [-0.3, -0.25) is 9.67 Å². The summed E-state index contributed by atoms with van der Waals surface area (Å²) in [6, 6.07) is 13.1. The highest BCUT2D eigenvalue weighted by Gasteiger charge is 2.15. The van der Waals surface area contributed by atoms with Crippen molar-refractivity contribution >= 4 is 0 Å². The second-order valence-electron chi connectivity index (χ2n) is 6.06. The Bertz CT molecular complexity index is 1010. The van der Waals surface area contributed by atoms with Crippen molar-refractivity contribution in [3.8, 4) is 28.3 Å². The van der Waals surface area contributed by atoms with Crippen LogP contribution in [0.15, 0.2) is 67.4 Å². The van der Waals surface area contributed by atoms with Gasteiger partial charge in [-0.05, 0) is 48.9 Å². The van der Waals surface area contributed by atoms with E-state index >= 15 is 0 Å².